The van der Waals surface area contributed by atoms with Crippen LogP contribution in [0.2, 0.25) is 0 Å². The molecule has 1 atom stereocenters. The highest BCUT2D eigenvalue weighted by atomic mass is 32.1. The SMILES string of the molecule is COc1ccccc1NC(=O)CN1CCC[C@H](c2nc3ccccc3s2)C1. The number of para-hydroxylation sites is 3. The number of anilines is 1. The molecule has 0 spiro atoms. The highest BCUT2D eigenvalue weighted by Gasteiger charge is 2.25. The highest BCUT2D eigenvalue weighted by Crippen LogP contribution is 2.33. The van der Waals surface area contributed by atoms with Crippen molar-refractivity contribution >= 4 is 33.1 Å². The van der Waals surface area contributed by atoms with Gasteiger partial charge < -0.3 is 10.1 Å². The van der Waals surface area contributed by atoms with E-state index >= 15 is 0 Å². The van der Waals surface area contributed by atoms with Gasteiger partial charge in [-0.15, -0.1) is 11.3 Å². The summed E-state index contributed by atoms with van der Waals surface area (Å²) in [7, 11) is 1.61. The first-order valence-electron chi connectivity index (χ1n) is 9.23. The van der Waals surface area contributed by atoms with Crippen LogP contribution in [0.4, 0.5) is 5.69 Å². The van der Waals surface area contributed by atoms with Crippen LogP contribution in [0.15, 0.2) is 48.5 Å². The third-order valence-electron chi connectivity index (χ3n) is 4.91. The van der Waals surface area contributed by atoms with E-state index in [1.807, 2.05) is 30.3 Å². The van der Waals surface area contributed by atoms with E-state index in [1.165, 1.54) is 9.71 Å². The molecule has 1 aliphatic heterocycles. The second kappa shape index (κ2) is 8.06. The second-order valence-corrected chi connectivity index (χ2v) is 7.90. The van der Waals surface area contributed by atoms with Gasteiger partial charge in [-0.25, -0.2) is 4.98 Å². The highest BCUT2D eigenvalue weighted by molar-refractivity contribution is 7.18. The predicted octanol–water partition coefficient (Wildman–Crippen LogP) is 4.12. The van der Waals surface area contributed by atoms with Crippen LogP contribution in [-0.2, 0) is 4.79 Å². The van der Waals surface area contributed by atoms with Crippen LogP contribution in [0, 0.1) is 0 Å². The normalized spacial score (nSPS) is 17.7. The Hall–Kier alpha value is -2.44. The molecule has 0 saturated carbocycles. The van der Waals surface area contributed by atoms with Gasteiger partial charge in [0.25, 0.3) is 0 Å². The number of nitrogens with one attached hydrogen (secondary N) is 1. The molecule has 2 heterocycles. The first kappa shape index (κ1) is 17.9. The van der Waals surface area contributed by atoms with Gasteiger partial charge in [-0.2, -0.15) is 0 Å². The molecule has 1 aromatic heterocycles. The molecule has 1 amide bonds. The molecular weight excluding hydrogens is 358 g/mol. The summed E-state index contributed by atoms with van der Waals surface area (Å²) in [5.41, 5.74) is 1.79. The van der Waals surface area contributed by atoms with Gasteiger partial charge in [-0.05, 0) is 43.7 Å². The molecule has 6 heteroatoms. The number of amides is 1. The maximum Gasteiger partial charge on any atom is 0.238 e. The van der Waals surface area contributed by atoms with Crippen LogP contribution in [0.1, 0.15) is 23.8 Å². The van der Waals surface area contributed by atoms with E-state index in [0.717, 1.165) is 31.4 Å². The zero-order valence-electron chi connectivity index (χ0n) is 15.4. The number of nitrogens with zero attached hydrogens (tertiary/aromatic N) is 2. The van der Waals surface area contributed by atoms with Gasteiger partial charge in [0.1, 0.15) is 5.75 Å². The number of benzene rings is 2. The Kier molecular flexibility index (Phi) is 5.36. The number of hydrogen-bond donors (Lipinski definition) is 1. The Morgan fingerprint density at radius 1 is 1.26 bits per heavy atom. The van der Waals surface area contributed by atoms with E-state index in [2.05, 4.69) is 28.4 Å². The van der Waals surface area contributed by atoms with Crippen molar-refractivity contribution in [2.45, 2.75) is 18.8 Å². The quantitative estimate of drug-likeness (QED) is 0.722. The number of thiazole rings is 1. The van der Waals surface area contributed by atoms with E-state index in [9.17, 15) is 4.79 Å². The average Bonchev–Trinajstić information content (AvgIpc) is 3.13. The third kappa shape index (κ3) is 4.12. The lowest BCUT2D eigenvalue weighted by Crippen LogP contribution is -2.39. The minimum Gasteiger partial charge on any atom is -0.495 e. The van der Waals surface area contributed by atoms with Gasteiger partial charge in [0.05, 0.1) is 34.6 Å². The van der Waals surface area contributed by atoms with E-state index in [-0.39, 0.29) is 5.91 Å². The molecule has 0 radical (unpaired) electrons. The molecule has 1 N–H and O–H groups in total. The minimum absolute atomic E-state index is 0.00977. The summed E-state index contributed by atoms with van der Waals surface area (Å²) in [5.74, 6) is 1.07. The number of rotatable bonds is 5. The number of hydrogen-bond acceptors (Lipinski definition) is 5. The van der Waals surface area contributed by atoms with Crippen LogP contribution < -0.4 is 10.1 Å². The number of carbonyl (C=O) groups excluding carboxylic acids is 1. The number of fused-ring (bicyclic) bond motifs is 1. The maximum absolute atomic E-state index is 12.5. The Balaban J connectivity index is 1.40. The van der Waals surface area contributed by atoms with Crippen molar-refractivity contribution in [3.8, 4) is 5.75 Å². The molecule has 140 valence electrons. The maximum atomic E-state index is 12.5. The van der Waals surface area contributed by atoms with Crippen LogP contribution in [-0.4, -0.2) is 42.5 Å². The van der Waals surface area contributed by atoms with E-state index < -0.39 is 0 Å². The Bertz CT molecular complexity index is 907. The molecule has 1 aliphatic rings. The first-order chi connectivity index (χ1) is 13.2. The lowest BCUT2D eigenvalue weighted by molar-refractivity contribution is -0.117. The molecule has 0 bridgehead atoms. The Labute approximate surface area is 163 Å². The van der Waals surface area contributed by atoms with Gasteiger partial charge >= 0.3 is 0 Å². The minimum atomic E-state index is -0.00977. The predicted molar refractivity (Wildman–Crippen MR) is 110 cm³/mol. The van der Waals surface area contributed by atoms with E-state index in [1.54, 1.807) is 18.4 Å². The zero-order chi connectivity index (χ0) is 18.6. The number of aromatic nitrogens is 1. The van der Waals surface area contributed by atoms with Crippen molar-refractivity contribution in [2.24, 2.45) is 0 Å². The molecule has 5 nitrogen and oxygen atoms in total. The van der Waals surface area contributed by atoms with Crippen LogP contribution in [0.5, 0.6) is 5.75 Å². The van der Waals surface area contributed by atoms with Crippen molar-refractivity contribution in [2.75, 3.05) is 32.1 Å². The van der Waals surface area contributed by atoms with Gasteiger partial charge in [0.2, 0.25) is 5.91 Å². The second-order valence-electron chi connectivity index (χ2n) is 6.84. The first-order valence-corrected chi connectivity index (χ1v) is 10.1. The molecule has 4 rings (SSSR count). The lowest BCUT2D eigenvalue weighted by atomic mass is 9.99. The fraction of sp³-hybridized carbons (Fsp3) is 0.333. The number of carbonyl (C=O) groups is 1. The van der Waals surface area contributed by atoms with E-state index in [4.69, 9.17) is 9.72 Å². The van der Waals surface area contributed by atoms with Crippen LogP contribution >= 0.6 is 11.3 Å². The van der Waals surface area contributed by atoms with Crippen molar-refractivity contribution in [3.63, 3.8) is 0 Å². The molecule has 2 aromatic carbocycles. The third-order valence-corrected chi connectivity index (χ3v) is 6.11. The standard InChI is InChI=1S/C21H23N3O2S/c1-26-18-10-4-2-8-16(18)22-20(25)14-24-12-6-7-15(13-24)21-23-17-9-3-5-11-19(17)27-21/h2-5,8-11,15H,6-7,12-14H2,1H3,(H,22,25)/t15-/m0/s1. The van der Waals surface area contributed by atoms with Gasteiger partial charge in [0, 0.05) is 12.5 Å². The van der Waals surface area contributed by atoms with E-state index in [0.29, 0.717) is 23.9 Å². The summed E-state index contributed by atoms with van der Waals surface area (Å²) in [6.45, 7) is 2.21. The summed E-state index contributed by atoms with van der Waals surface area (Å²) in [5, 5.41) is 4.15. The van der Waals surface area contributed by atoms with Gasteiger partial charge in [-0.1, -0.05) is 24.3 Å². The number of methoxy groups -OCH3 is 1. The largest absolute Gasteiger partial charge is 0.495 e. The summed E-state index contributed by atoms with van der Waals surface area (Å²) in [4.78, 5) is 19.6. The fourth-order valence-corrected chi connectivity index (χ4v) is 4.70. The van der Waals surface area contributed by atoms with Crippen LogP contribution in [0.25, 0.3) is 10.2 Å². The van der Waals surface area contributed by atoms with Crippen molar-refractivity contribution in [1.82, 2.24) is 9.88 Å². The Morgan fingerprint density at radius 2 is 2.07 bits per heavy atom. The number of likely N-dealkylation sites (tertiary alicyclic amines) is 1. The molecule has 3 aromatic rings. The van der Waals surface area contributed by atoms with Crippen molar-refractivity contribution in [1.29, 1.82) is 0 Å². The lowest BCUT2D eigenvalue weighted by Gasteiger charge is -2.31. The molecule has 0 aliphatic carbocycles. The van der Waals surface area contributed by atoms with Crippen molar-refractivity contribution in [3.05, 3.63) is 53.5 Å². The summed E-state index contributed by atoms with van der Waals surface area (Å²) in [6, 6.07) is 15.8. The topological polar surface area (TPSA) is 54.5 Å². The molecule has 1 saturated heterocycles. The molecular formula is C21H23N3O2S. The van der Waals surface area contributed by atoms with Crippen molar-refractivity contribution < 1.29 is 9.53 Å². The van der Waals surface area contributed by atoms with Crippen LogP contribution in [0.3, 0.4) is 0 Å². The average molecular weight is 382 g/mol. The monoisotopic (exact) mass is 381 g/mol. The summed E-state index contributed by atoms with van der Waals surface area (Å²) < 4.78 is 6.54. The summed E-state index contributed by atoms with van der Waals surface area (Å²) in [6.07, 6.45) is 2.22. The zero-order valence-corrected chi connectivity index (χ0v) is 16.2. The van der Waals surface area contributed by atoms with Gasteiger partial charge in [-0.3, -0.25) is 9.69 Å². The van der Waals surface area contributed by atoms with Gasteiger partial charge in [0.15, 0.2) is 0 Å². The fourth-order valence-electron chi connectivity index (χ4n) is 3.61. The summed E-state index contributed by atoms with van der Waals surface area (Å²) >= 11 is 1.78. The smallest absolute Gasteiger partial charge is 0.238 e. The number of piperidine rings is 1. The number of ether oxygens (including phenoxy) is 1. The Morgan fingerprint density at radius 3 is 2.93 bits per heavy atom. The molecule has 1 fully saturated rings. The molecule has 0 unspecified atom stereocenters. The molecule has 27 heavy (non-hydrogen) atoms.